The average molecular weight is 511 g/mol. The average Bonchev–Trinajstić information content (AvgIpc) is 3.35. The van der Waals surface area contributed by atoms with Gasteiger partial charge in [-0.1, -0.05) is 25.1 Å². The van der Waals surface area contributed by atoms with Crippen LogP contribution in [-0.4, -0.2) is 33.9 Å². The van der Waals surface area contributed by atoms with E-state index in [4.69, 9.17) is 10.8 Å². The monoisotopic (exact) mass is 510 g/mol. The second-order valence-electron chi connectivity index (χ2n) is 8.14. The van der Waals surface area contributed by atoms with Crippen LogP contribution in [0, 0.1) is 11.6 Å². The van der Waals surface area contributed by atoms with Gasteiger partial charge in [-0.3, -0.25) is 9.59 Å². The fraction of sp³-hybridized carbons (Fsp3) is 0.192. The summed E-state index contributed by atoms with van der Waals surface area (Å²) in [4.78, 5) is 26.7. The van der Waals surface area contributed by atoms with Crippen LogP contribution in [0.4, 0.5) is 8.78 Å². The highest BCUT2D eigenvalue weighted by Crippen LogP contribution is 2.37. The molecule has 0 spiro atoms. The van der Waals surface area contributed by atoms with Gasteiger partial charge < -0.3 is 16.2 Å². The molecule has 7 nitrogen and oxygen atoms in total. The van der Waals surface area contributed by atoms with Gasteiger partial charge in [0.05, 0.1) is 6.61 Å². The number of carbonyl (C=O) groups is 1. The summed E-state index contributed by atoms with van der Waals surface area (Å²) in [5.41, 5.74) is 6.63. The van der Waals surface area contributed by atoms with Crippen molar-refractivity contribution in [2.45, 2.75) is 19.4 Å². The van der Waals surface area contributed by atoms with E-state index in [1.165, 1.54) is 47.7 Å². The number of hydrogen-bond acceptors (Lipinski definition) is 6. The van der Waals surface area contributed by atoms with Crippen molar-refractivity contribution in [3.8, 4) is 16.1 Å². The molecule has 1 amide bonds. The lowest BCUT2D eigenvalue weighted by Crippen LogP contribution is -2.28. The summed E-state index contributed by atoms with van der Waals surface area (Å²) < 4.78 is 29.2. The third-order valence-electron chi connectivity index (χ3n) is 5.74. The van der Waals surface area contributed by atoms with Crippen LogP contribution in [0.5, 0.6) is 0 Å². The van der Waals surface area contributed by atoms with E-state index in [2.05, 4.69) is 10.4 Å². The maximum Gasteiger partial charge on any atom is 0.271 e. The number of aliphatic hydroxyl groups is 1. The number of carbonyl (C=O) groups excluding carboxylic acids is 1. The lowest BCUT2D eigenvalue weighted by atomic mass is 9.98. The molecular weight excluding hydrogens is 486 g/mol. The number of thiophene rings is 1. The summed E-state index contributed by atoms with van der Waals surface area (Å²) >= 11 is 1.39. The number of nitrogens with zero attached hydrogens (tertiary/aromatic N) is 2. The van der Waals surface area contributed by atoms with E-state index in [0.717, 1.165) is 20.0 Å². The first-order valence-corrected chi connectivity index (χ1v) is 12.0. The summed E-state index contributed by atoms with van der Waals surface area (Å²) in [5.74, 6) is -2.33. The number of aliphatic hydroxyl groups excluding tert-OH is 1. The molecule has 1 atom stereocenters. The Morgan fingerprint density at radius 1 is 1.17 bits per heavy atom. The maximum absolute atomic E-state index is 14.3. The van der Waals surface area contributed by atoms with Crippen LogP contribution >= 0.6 is 11.3 Å². The molecular formula is C26H24F2N4O3S. The van der Waals surface area contributed by atoms with Crippen LogP contribution in [-0.2, 0) is 6.54 Å². The summed E-state index contributed by atoms with van der Waals surface area (Å²) in [7, 11) is 0. The Hall–Kier alpha value is -3.73. The molecule has 2 aromatic heterocycles. The molecule has 0 bridgehead atoms. The standard InChI is InChI=1S/C26H24F2N4O3S/c1-15(18-13-24(34)32(31-25(18)26(29)35)21-5-3-2-4-20(21)28)22-8-9-23(36-22)19-12-17(27)7-6-16(19)14-30-10-11-33/h2-9,12-13,15,30,33H,10-11,14H2,1H3,(H2,29,35)/t15-/m1/s1. The van der Waals surface area contributed by atoms with E-state index in [1.807, 2.05) is 12.1 Å². The highest BCUT2D eigenvalue weighted by Gasteiger charge is 2.23. The molecule has 0 aliphatic rings. The Balaban J connectivity index is 1.72. The van der Waals surface area contributed by atoms with Gasteiger partial charge in [0.2, 0.25) is 0 Å². The first-order chi connectivity index (χ1) is 17.3. The minimum atomic E-state index is -0.846. The number of halogens is 2. The minimum Gasteiger partial charge on any atom is -0.395 e. The van der Waals surface area contributed by atoms with Gasteiger partial charge in [0.25, 0.3) is 11.5 Å². The van der Waals surface area contributed by atoms with Crippen molar-refractivity contribution < 1.29 is 18.7 Å². The second kappa shape index (κ2) is 10.9. The van der Waals surface area contributed by atoms with Gasteiger partial charge in [-0.2, -0.15) is 9.78 Å². The predicted molar refractivity (Wildman–Crippen MR) is 134 cm³/mol. The molecule has 10 heteroatoms. The molecule has 0 radical (unpaired) electrons. The number of aromatic nitrogens is 2. The van der Waals surface area contributed by atoms with Crippen LogP contribution in [0.1, 0.15) is 39.3 Å². The Morgan fingerprint density at radius 3 is 2.67 bits per heavy atom. The smallest absolute Gasteiger partial charge is 0.271 e. The lowest BCUT2D eigenvalue weighted by molar-refractivity contribution is 0.0992. The second-order valence-corrected chi connectivity index (χ2v) is 9.25. The van der Waals surface area contributed by atoms with Crippen molar-refractivity contribution in [1.29, 1.82) is 0 Å². The summed E-state index contributed by atoms with van der Waals surface area (Å²) in [5, 5.41) is 16.2. The highest BCUT2D eigenvalue weighted by atomic mass is 32.1. The maximum atomic E-state index is 14.3. The number of hydrogen-bond donors (Lipinski definition) is 3. The van der Waals surface area contributed by atoms with Gasteiger partial charge in [-0.25, -0.2) is 8.78 Å². The van der Waals surface area contributed by atoms with Gasteiger partial charge in [0.15, 0.2) is 5.69 Å². The fourth-order valence-corrected chi connectivity index (χ4v) is 5.03. The first kappa shape index (κ1) is 25.4. The number of primary amides is 1. The van der Waals surface area contributed by atoms with Gasteiger partial charge in [-0.15, -0.1) is 11.3 Å². The molecule has 0 fully saturated rings. The van der Waals surface area contributed by atoms with E-state index < -0.39 is 23.2 Å². The quantitative estimate of drug-likeness (QED) is 0.298. The zero-order valence-electron chi connectivity index (χ0n) is 19.4. The summed E-state index contributed by atoms with van der Waals surface area (Å²) in [6.45, 7) is 2.65. The Bertz CT molecular complexity index is 1470. The largest absolute Gasteiger partial charge is 0.395 e. The molecule has 2 aromatic carbocycles. The molecule has 0 saturated carbocycles. The van der Waals surface area contributed by atoms with E-state index in [1.54, 1.807) is 19.1 Å². The topological polar surface area (TPSA) is 110 Å². The van der Waals surface area contributed by atoms with Crippen LogP contribution in [0.25, 0.3) is 16.1 Å². The van der Waals surface area contributed by atoms with Gasteiger partial charge in [0, 0.05) is 34.8 Å². The summed E-state index contributed by atoms with van der Waals surface area (Å²) in [6, 6.07) is 15.1. The number of amides is 1. The highest BCUT2D eigenvalue weighted by molar-refractivity contribution is 7.15. The minimum absolute atomic E-state index is 0.0108. The molecule has 0 aliphatic heterocycles. The molecule has 36 heavy (non-hydrogen) atoms. The third kappa shape index (κ3) is 5.25. The Morgan fingerprint density at radius 2 is 1.94 bits per heavy atom. The van der Waals surface area contributed by atoms with Crippen molar-refractivity contribution in [1.82, 2.24) is 15.1 Å². The number of benzene rings is 2. The molecule has 0 unspecified atom stereocenters. The predicted octanol–water partition coefficient (Wildman–Crippen LogP) is 3.57. The molecule has 4 aromatic rings. The SMILES string of the molecule is C[C@@H](c1ccc(-c2cc(F)ccc2CNCCO)s1)c1cc(=O)n(-c2ccccc2F)nc1C(N)=O. The van der Waals surface area contributed by atoms with Crippen molar-refractivity contribution in [2.24, 2.45) is 5.73 Å². The fourth-order valence-electron chi connectivity index (χ4n) is 3.91. The molecule has 2 heterocycles. The zero-order chi connectivity index (χ0) is 25.8. The van der Waals surface area contributed by atoms with Crippen LogP contribution < -0.4 is 16.6 Å². The molecule has 0 saturated heterocycles. The molecule has 186 valence electrons. The van der Waals surface area contributed by atoms with Gasteiger partial charge >= 0.3 is 0 Å². The van der Waals surface area contributed by atoms with Gasteiger partial charge in [-0.05, 0) is 53.1 Å². The first-order valence-electron chi connectivity index (χ1n) is 11.2. The van der Waals surface area contributed by atoms with E-state index >= 15 is 0 Å². The number of nitrogens with two attached hydrogens (primary N) is 1. The van der Waals surface area contributed by atoms with Crippen molar-refractivity contribution in [2.75, 3.05) is 13.2 Å². The van der Waals surface area contributed by atoms with E-state index in [9.17, 15) is 18.4 Å². The van der Waals surface area contributed by atoms with Crippen LogP contribution in [0.2, 0.25) is 0 Å². The van der Waals surface area contributed by atoms with E-state index in [0.29, 0.717) is 24.2 Å². The third-order valence-corrected chi connectivity index (χ3v) is 7.04. The Labute approximate surface area is 209 Å². The Kier molecular flexibility index (Phi) is 7.68. The molecule has 0 aliphatic carbocycles. The lowest BCUT2D eigenvalue weighted by Gasteiger charge is -2.15. The molecule has 4 N–H and O–H groups in total. The van der Waals surface area contributed by atoms with E-state index in [-0.39, 0.29) is 23.8 Å². The number of rotatable bonds is 9. The zero-order valence-corrected chi connectivity index (χ0v) is 20.2. The number of nitrogens with one attached hydrogen (secondary N) is 1. The van der Waals surface area contributed by atoms with Crippen molar-refractivity contribution in [3.05, 3.63) is 104 Å². The van der Waals surface area contributed by atoms with Crippen molar-refractivity contribution >= 4 is 17.2 Å². The normalized spacial score (nSPS) is 12.0. The van der Waals surface area contributed by atoms with Crippen molar-refractivity contribution in [3.63, 3.8) is 0 Å². The molecule has 4 rings (SSSR count). The number of para-hydroxylation sites is 1. The van der Waals surface area contributed by atoms with Crippen LogP contribution in [0.15, 0.2) is 65.5 Å². The van der Waals surface area contributed by atoms with Gasteiger partial charge in [0.1, 0.15) is 17.3 Å². The summed E-state index contributed by atoms with van der Waals surface area (Å²) in [6.07, 6.45) is 0. The van der Waals surface area contributed by atoms with Crippen LogP contribution in [0.3, 0.4) is 0 Å².